The number of hydrogen-bond donors (Lipinski definition) is 4. The fraction of sp³-hybridized carbons (Fsp3) is 0.846. The SMILES string of the molecule is CC(=O)OC1CC2(C)C3CCC4CCCCC4(C)C3CCC2(C)/C1=C(\CCC=C(C)C)C(=O)NCCCNCCCNCCCN. The molecule has 4 aliphatic carbocycles. The van der Waals surface area contributed by atoms with E-state index in [2.05, 4.69) is 56.6 Å². The molecule has 4 aliphatic rings. The summed E-state index contributed by atoms with van der Waals surface area (Å²) >= 11 is 0. The summed E-state index contributed by atoms with van der Waals surface area (Å²) in [5.74, 6) is 1.98. The average molecular weight is 641 g/mol. The molecule has 7 unspecified atom stereocenters. The topological polar surface area (TPSA) is 105 Å². The first-order valence-corrected chi connectivity index (χ1v) is 18.9. The Bertz CT molecular complexity index is 1100. The van der Waals surface area contributed by atoms with E-state index in [-0.39, 0.29) is 28.8 Å². The van der Waals surface area contributed by atoms with E-state index >= 15 is 0 Å². The highest BCUT2D eigenvalue weighted by Gasteiger charge is 2.67. The number of esters is 1. The third kappa shape index (κ3) is 8.11. The fourth-order valence-electron chi connectivity index (χ4n) is 10.6. The Labute approximate surface area is 281 Å². The van der Waals surface area contributed by atoms with E-state index in [1.807, 2.05) is 0 Å². The van der Waals surface area contributed by atoms with Gasteiger partial charge in [-0.15, -0.1) is 0 Å². The summed E-state index contributed by atoms with van der Waals surface area (Å²) in [5, 5.41) is 10.2. The number of rotatable bonds is 16. The first-order valence-electron chi connectivity index (χ1n) is 18.9. The predicted molar refractivity (Wildman–Crippen MR) is 189 cm³/mol. The number of ether oxygens (including phenoxy) is 1. The first-order chi connectivity index (χ1) is 22.0. The van der Waals surface area contributed by atoms with Crippen molar-refractivity contribution in [1.29, 1.82) is 0 Å². The Morgan fingerprint density at radius 3 is 2.24 bits per heavy atom. The number of allylic oxidation sites excluding steroid dienone is 2. The second-order valence-electron chi connectivity index (χ2n) is 16.1. The van der Waals surface area contributed by atoms with Crippen molar-refractivity contribution in [2.24, 2.45) is 39.7 Å². The molecule has 7 heteroatoms. The molecule has 0 aromatic rings. The Hall–Kier alpha value is -1.70. The highest BCUT2D eigenvalue weighted by atomic mass is 16.5. The molecular weight excluding hydrogens is 572 g/mol. The van der Waals surface area contributed by atoms with Crippen LogP contribution in [0, 0.1) is 34.0 Å². The molecule has 0 saturated heterocycles. The minimum absolute atomic E-state index is 0.00192. The molecule has 0 radical (unpaired) electrons. The van der Waals surface area contributed by atoms with Crippen LogP contribution in [0.1, 0.15) is 131 Å². The number of carbonyl (C=O) groups excluding carboxylic acids is 2. The third-order valence-corrected chi connectivity index (χ3v) is 13.1. The van der Waals surface area contributed by atoms with E-state index in [1.165, 1.54) is 57.4 Å². The molecule has 4 saturated carbocycles. The number of carbonyl (C=O) groups is 2. The van der Waals surface area contributed by atoms with Gasteiger partial charge in [0.15, 0.2) is 0 Å². The zero-order valence-electron chi connectivity index (χ0n) is 30.3. The molecular formula is C39H68N4O3. The van der Waals surface area contributed by atoms with Crippen molar-refractivity contribution in [3.05, 3.63) is 22.8 Å². The van der Waals surface area contributed by atoms with E-state index < -0.39 is 0 Å². The first kappa shape index (κ1) is 37.1. The predicted octanol–water partition coefficient (Wildman–Crippen LogP) is 6.82. The lowest BCUT2D eigenvalue weighted by molar-refractivity contribution is -0.148. The molecule has 0 aliphatic heterocycles. The lowest BCUT2D eigenvalue weighted by atomic mass is 9.41. The van der Waals surface area contributed by atoms with Gasteiger partial charge in [0.05, 0.1) is 0 Å². The van der Waals surface area contributed by atoms with Crippen molar-refractivity contribution < 1.29 is 14.3 Å². The molecule has 46 heavy (non-hydrogen) atoms. The molecule has 4 fully saturated rings. The monoisotopic (exact) mass is 641 g/mol. The lowest BCUT2D eigenvalue weighted by Gasteiger charge is -2.63. The zero-order valence-corrected chi connectivity index (χ0v) is 30.3. The van der Waals surface area contributed by atoms with Gasteiger partial charge in [-0.25, -0.2) is 0 Å². The van der Waals surface area contributed by atoms with Crippen LogP contribution < -0.4 is 21.7 Å². The minimum Gasteiger partial charge on any atom is -0.458 e. The summed E-state index contributed by atoms with van der Waals surface area (Å²) in [6.45, 7) is 18.5. The molecule has 0 aromatic carbocycles. The summed E-state index contributed by atoms with van der Waals surface area (Å²) in [7, 11) is 0. The van der Waals surface area contributed by atoms with Crippen LogP contribution in [0.25, 0.3) is 0 Å². The fourth-order valence-corrected chi connectivity index (χ4v) is 10.6. The van der Waals surface area contributed by atoms with E-state index in [9.17, 15) is 9.59 Å². The molecule has 4 rings (SSSR count). The van der Waals surface area contributed by atoms with Gasteiger partial charge in [-0.1, -0.05) is 45.3 Å². The van der Waals surface area contributed by atoms with E-state index in [1.54, 1.807) is 0 Å². The number of nitrogens with two attached hydrogens (primary N) is 1. The quantitative estimate of drug-likeness (QED) is 0.0639. The van der Waals surface area contributed by atoms with Crippen LogP contribution in [0.15, 0.2) is 22.8 Å². The molecule has 1 amide bonds. The van der Waals surface area contributed by atoms with Gasteiger partial charge in [-0.05, 0) is 163 Å². The van der Waals surface area contributed by atoms with Crippen LogP contribution in [-0.4, -0.2) is 57.2 Å². The van der Waals surface area contributed by atoms with Crippen molar-refractivity contribution >= 4 is 11.9 Å². The van der Waals surface area contributed by atoms with Crippen LogP contribution in [0.4, 0.5) is 0 Å². The van der Waals surface area contributed by atoms with Crippen molar-refractivity contribution in [3.8, 4) is 0 Å². The van der Waals surface area contributed by atoms with Crippen LogP contribution in [0.5, 0.6) is 0 Å². The van der Waals surface area contributed by atoms with Crippen molar-refractivity contribution in [2.45, 2.75) is 138 Å². The second kappa shape index (κ2) is 16.6. The van der Waals surface area contributed by atoms with Gasteiger partial charge in [-0.3, -0.25) is 9.59 Å². The van der Waals surface area contributed by atoms with E-state index in [0.29, 0.717) is 24.3 Å². The molecule has 7 nitrogen and oxygen atoms in total. The maximum atomic E-state index is 14.2. The minimum atomic E-state index is -0.323. The normalized spacial score (nSPS) is 34.6. The van der Waals surface area contributed by atoms with Gasteiger partial charge in [0, 0.05) is 19.0 Å². The number of fused-ring (bicyclic) bond motifs is 5. The lowest BCUT2D eigenvalue weighted by Crippen LogP contribution is -2.56. The molecule has 262 valence electrons. The number of hydrogen-bond acceptors (Lipinski definition) is 6. The molecule has 5 N–H and O–H groups in total. The molecule has 0 aromatic heterocycles. The Morgan fingerprint density at radius 2 is 1.57 bits per heavy atom. The summed E-state index contributed by atoms with van der Waals surface area (Å²) in [6, 6.07) is 0. The van der Waals surface area contributed by atoms with Crippen LogP contribution in [0.3, 0.4) is 0 Å². The summed E-state index contributed by atoms with van der Waals surface area (Å²) in [4.78, 5) is 26.8. The van der Waals surface area contributed by atoms with Crippen molar-refractivity contribution in [3.63, 3.8) is 0 Å². The summed E-state index contributed by atoms with van der Waals surface area (Å²) in [6.07, 6.45) is 17.6. The van der Waals surface area contributed by atoms with Gasteiger partial charge in [-0.2, -0.15) is 0 Å². The smallest absolute Gasteiger partial charge is 0.303 e. The third-order valence-electron chi connectivity index (χ3n) is 13.1. The molecule has 7 atom stereocenters. The Balaban J connectivity index is 1.53. The van der Waals surface area contributed by atoms with Gasteiger partial charge < -0.3 is 26.4 Å². The van der Waals surface area contributed by atoms with Crippen LogP contribution >= 0.6 is 0 Å². The zero-order chi connectivity index (χ0) is 33.4. The highest BCUT2D eigenvalue weighted by molar-refractivity contribution is 5.95. The Kier molecular flexibility index (Phi) is 13.4. The molecule has 0 bridgehead atoms. The van der Waals surface area contributed by atoms with Gasteiger partial charge in [0.25, 0.3) is 0 Å². The average Bonchev–Trinajstić information content (AvgIpc) is 3.23. The Morgan fingerprint density at radius 1 is 0.870 bits per heavy atom. The number of amides is 1. The highest BCUT2D eigenvalue weighted by Crippen LogP contribution is 2.73. The van der Waals surface area contributed by atoms with E-state index in [0.717, 1.165) is 94.2 Å². The van der Waals surface area contributed by atoms with Gasteiger partial charge in [0.2, 0.25) is 5.91 Å². The van der Waals surface area contributed by atoms with Crippen molar-refractivity contribution in [2.75, 3.05) is 39.3 Å². The standard InChI is InChI=1S/C39H68N4O3/c1-28(2)13-9-15-31(36(45)43-26-12-25-42-24-11-23-41-22-10-21-40)35-34(46-29(3)44)27-39(6)33-17-16-30-14-7-8-19-37(30,4)32(33)18-20-38(35,39)5/h13,30,32-34,41-42H,7-12,14-27,40H2,1-6H3,(H,43,45)/b35-31+. The summed E-state index contributed by atoms with van der Waals surface area (Å²) < 4.78 is 6.21. The van der Waals surface area contributed by atoms with Gasteiger partial charge in [0.1, 0.15) is 6.10 Å². The van der Waals surface area contributed by atoms with E-state index in [4.69, 9.17) is 10.5 Å². The van der Waals surface area contributed by atoms with Crippen LogP contribution in [-0.2, 0) is 14.3 Å². The molecule has 0 heterocycles. The number of nitrogens with one attached hydrogen (secondary N) is 3. The molecule has 0 spiro atoms. The van der Waals surface area contributed by atoms with Gasteiger partial charge >= 0.3 is 5.97 Å². The van der Waals surface area contributed by atoms with Crippen molar-refractivity contribution in [1.82, 2.24) is 16.0 Å². The summed E-state index contributed by atoms with van der Waals surface area (Å²) in [5.41, 5.74) is 9.10. The second-order valence-corrected chi connectivity index (χ2v) is 16.1. The van der Waals surface area contributed by atoms with Crippen LogP contribution in [0.2, 0.25) is 0 Å². The maximum absolute atomic E-state index is 14.2. The maximum Gasteiger partial charge on any atom is 0.303 e. The largest absolute Gasteiger partial charge is 0.458 e.